The van der Waals surface area contributed by atoms with E-state index in [1.54, 1.807) is 0 Å². The maximum Gasteiger partial charge on any atom is 0.225 e. The van der Waals surface area contributed by atoms with Gasteiger partial charge in [-0.2, -0.15) is 0 Å². The number of carbonyl (C=O) groups excluding carboxylic acids is 1. The first-order chi connectivity index (χ1) is 12.3. The Bertz CT molecular complexity index is 750. The lowest BCUT2D eigenvalue weighted by molar-refractivity contribution is -0.139. The lowest BCUT2D eigenvalue weighted by atomic mass is 9.83. The second-order valence-corrected chi connectivity index (χ2v) is 7.24. The van der Waals surface area contributed by atoms with Crippen LogP contribution in [0.2, 0.25) is 0 Å². The van der Waals surface area contributed by atoms with Crippen LogP contribution in [0.4, 0.5) is 0 Å². The number of imidazole rings is 1. The Hall–Kier alpha value is -2.17. The van der Waals surface area contributed by atoms with Gasteiger partial charge in [-0.25, -0.2) is 9.97 Å². The lowest BCUT2D eigenvalue weighted by Crippen LogP contribution is -2.44. The van der Waals surface area contributed by atoms with Crippen LogP contribution in [-0.4, -0.2) is 38.4 Å². The summed E-state index contributed by atoms with van der Waals surface area (Å²) in [5.74, 6) is 2.95. The van der Waals surface area contributed by atoms with Gasteiger partial charge in [0.25, 0.3) is 0 Å². The summed E-state index contributed by atoms with van der Waals surface area (Å²) in [6, 6.07) is 6.21. The van der Waals surface area contributed by atoms with Crippen LogP contribution in [0.15, 0.2) is 30.6 Å². The molecule has 0 aromatic carbocycles. The molecule has 1 saturated heterocycles. The number of aromatic nitrogens is 3. The zero-order valence-corrected chi connectivity index (χ0v) is 14.9. The van der Waals surface area contributed by atoms with Crippen molar-refractivity contribution in [1.29, 1.82) is 0 Å². The Labute approximate surface area is 149 Å². The van der Waals surface area contributed by atoms with Crippen LogP contribution in [0.1, 0.15) is 56.5 Å². The minimum absolute atomic E-state index is 0.288. The summed E-state index contributed by atoms with van der Waals surface area (Å²) in [5, 5.41) is 0. The van der Waals surface area contributed by atoms with E-state index in [0.717, 1.165) is 62.5 Å². The molecule has 25 heavy (non-hydrogen) atoms. The first kappa shape index (κ1) is 16.3. The third-order valence-electron chi connectivity index (χ3n) is 5.64. The average molecular weight is 338 g/mol. The van der Waals surface area contributed by atoms with Crippen LogP contribution in [0.25, 0.3) is 5.82 Å². The lowest BCUT2D eigenvalue weighted by Gasteiger charge is -2.37. The van der Waals surface area contributed by atoms with Gasteiger partial charge in [-0.1, -0.05) is 19.4 Å². The third-order valence-corrected chi connectivity index (χ3v) is 5.64. The topological polar surface area (TPSA) is 51.0 Å². The molecule has 132 valence electrons. The molecular formula is C20H26N4O. The molecule has 5 heteroatoms. The highest BCUT2D eigenvalue weighted by Crippen LogP contribution is 2.32. The Balaban J connectivity index is 1.53. The van der Waals surface area contributed by atoms with E-state index >= 15 is 0 Å². The van der Waals surface area contributed by atoms with Crippen molar-refractivity contribution in [2.24, 2.45) is 5.92 Å². The summed E-state index contributed by atoms with van der Waals surface area (Å²) in [5.41, 5.74) is 1.10. The molecule has 0 bridgehead atoms. The van der Waals surface area contributed by atoms with Crippen molar-refractivity contribution < 1.29 is 4.79 Å². The van der Waals surface area contributed by atoms with Crippen LogP contribution < -0.4 is 0 Å². The molecule has 1 atom stereocenters. The molecule has 0 spiro atoms. The van der Waals surface area contributed by atoms with Gasteiger partial charge in [0.05, 0.1) is 0 Å². The van der Waals surface area contributed by atoms with E-state index in [9.17, 15) is 4.79 Å². The van der Waals surface area contributed by atoms with Crippen molar-refractivity contribution >= 4 is 5.91 Å². The van der Waals surface area contributed by atoms with E-state index in [1.807, 2.05) is 18.5 Å². The first-order valence-corrected chi connectivity index (χ1v) is 9.54. The summed E-state index contributed by atoms with van der Waals surface area (Å²) in [6.07, 6.45) is 10.2. The molecule has 2 aliphatic rings. The summed E-state index contributed by atoms with van der Waals surface area (Å²) >= 11 is 0. The molecule has 1 aliphatic heterocycles. The Morgan fingerprint density at radius 1 is 1.24 bits per heavy atom. The smallest absolute Gasteiger partial charge is 0.225 e. The van der Waals surface area contributed by atoms with E-state index in [1.165, 1.54) is 6.42 Å². The summed E-state index contributed by atoms with van der Waals surface area (Å²) in [4.78, 5) is 24.0. The highest BCUT2D eigenvalue weighted by atomic mass is 16.2. The van der Waals surface area contributed by atoms with Crippen molar-refractivity contribution in [2.75, 3.05) is 13.1 Å². The molecule has 2 aromatic heterocycles. The molecule has 1 amide bonds. The maximum atomic E-state index is 12.6. The number of rotatable bonds is 4. The van der Waals surface area contributed by atoms with Gasteiger partial charge in [-0.15, -0.1) is 0 Å². The molecule has 3 heterocycles. The number of amides is 1. The van der Waals surface area contributed by atoms with E-state index in [0.29, 0.717) is 11.8 Å². The molecule has 0 N–H and O–H groups in total. The molecule has 0 radical (unpaired) electrons. The van der Waals surface area contributed by atoms with Crippen LogP contribution in [0.5, 0.6) is 0 Å². The Morgan fingerprint density at radius 3 is 2.88 bits per heavy atom. The normalized spacial score (nSPS) is 21.2. The number of hydrogen-bond donors (Lipinski definition) is 0. The number of hydrogen-bond acceptors (Lipinski definition) is 3. The number of nitrogens with zero attached hydrogens (tertiary/aromatic N) is 4. The van der Waals surface area contributed by atoms with Crippen molar-refractivity contribution in [3.8, 4) is 5.82 Å². The van der Waals surface area contributed by atoms with Gasteiger partial charge in [0.1, 0.15) is 11.6 Å². The van der Waals surface area contributed by atoms with Crippen molar-refractivity contribution in [2.45, 2.75) is 51.4 Å². The molecule has 2 aromatic rings. The van der Waals surface area contributed by atoms with Gasteiger partial charge in [-0.3, -0.25) is 9.36 Å². The quantitative estimate of drug-likeness (QED) is 0.859. The van der Waals surface area contributed by atoms with Crippen LogP contribution in [0.3, 0.4) is 0 Å². The highest BCUT2D eigenvalue weighted by molar-refractivity contribution is 5.79. The Morgan fingerprint density at radius 2 is 2.12 bits per heavy atom. The molecular weight excluding hydrogens is 312 g/mol. The largest absolute Gasteiger partial charge is 0.342 e. The number of carbonyl (C=O) groups is 1. The van der Waals surface area contributed by atoms with Crippen molar-refractivity contribution in [1.82, 2.24) is 19.4 Å². The molecule has 0 unspecified atom stereocenters. The number of piperidine rings is 1. The fraction of sp³-hybridized carbons (Fsp3) is 0.550. The second kappa shape index (κ2) is 6.98. The highest BCUT2D eigenvalue weighted by Gasteiger charge is 2.32. The molecule has 2 fully saturated rings. The van der Waals surface area contributed by atoms with Crippen LogP contribution in [0, 0.1) is 5.92 Å². The molecule has 4 rings (SSSR count). The molecule has 5 nitrogen and oxygen atoms in total. The number of pyridine rings is 1. The first-order valence-electron chi connectivity index (χ1n) is 9.54. The van der Waals surface area contributed by atoms with Gasteiger partial charge < -0.3 is 4.90 Å². The monoisotopic (exact) mass is 338 g/mol. The van der Waals surface area contributed by atoms with Gasteiger partial charge in [-0.05, 0) is 37.8 Å². The van der Waals surface area contributed by atoms with E-state index in [4.69, 9.17) is 4.98 Å². The Kier molecular flexibility index (Phi) is 4.55. The summed E-state index contributed by atoms with van der Waals surface area (Å²) < 4.78 is 2.06. The van der Waals surface area contributed by atoms with Crippen molar-refractivity contribution in [3.05, 3.63) is 42.1 Å². The molecule has 1 aliphatic carbocycles. The van der Waals surface area contributed by atoms with Gasteiger partial charge in [0.2, 0.25) is 5.91 Å². The predicted molar refractivity (Wildman–Crippen MR) is 96.6 cm³/mol. The second-order valence-electron chi connectivity index (χ2n) is 7.24. The summed E-state index contributed by atoms with van der Waals surface area (Å²) in [7, 11) is 0. The van der Waals surface area contributed by atoms with Gasteiger partial charge in [0.15, 0.2) is 0 Å². The fourth-order valence-corrected chi connectivity index (χ4v) is 3.94. The zero-order chi connectivity index (χ0) is 17.2. The maximum absolute atomic E-state index is 12.6. The minimum atomic E-state index is 0.288. The standard InChI is InChI=1S/C20H26N4O/c1-2-18-21-11-13-24(18)19-10-4-9-17(22-19)16-8-5-12-23(14-16)20(25)15-6-3-7-15/h4,9-11,13,15-16H,2-3,5-8,12,14H2,1H3/t16-/m1/s1. The van der Waals surface area contributed by atoms with E-state index in [2.05, 4.69) is 33.5 Å². The minimum Gasteiger partial charge on any atom is -0.342 e. The predicted octanol–water partition coefficient (Wildman–Crippen LogP) is 3.34. The SMILES string of the molecule is CCc1nccn1-c1cccc([C@@H]2CCCN(C(=O)C3CCC3)C2)n1. The van der Waals surface area contributed by atoms with E-state index in [-0.39, 0.29) is 5.92 Å². The van der Waals surface area contributed by atoms with E-state index < -0.39 is 0 Å². The number of aryl methyl sites for hydroxylation is 1. The molecule has 1 saturated carbocycles. The van der Waals surface area contributed by atoms with Crippen LogP contribution in [-0.2, 0) is 11.2 Å². The van der Waals surface area contributed by atoms with Crippen molar-refractivity contribution in [3.63, 3.8) is 0 Å². The van der Waals surface area contributed by atoms with Crippen LogP contribution >= 0.6 is 0 Å². The zero-order valence-electron chi connectivity index (χ0n) is 14.9. The van der Waals surface area contributed by atoms with Gasteiger partial charge in [0, 0.05) is 49.4 Å². The average Bonchev–Trinajstić information content (AvgIpc) is 3.09. The number of likely N-dealkylation sites (tertiary alicyclic amines) is 1. The fourth-order valence-electron chi connectivity index (χ4n) is 3.94. The third kappa shape index (κ3) is 3.20. The van der Waals surface area contributed by atoms with Gasteiger partial charge >= 0.3 is 0 Å². The summed E-state index contributed by atoms with van der Waals surface area (Å²) in [6.45, 7) is 3.83.